The third-order valence-corrected chi connectivity index (χ3v) is 3.17. The van der Waals surface area contributed by atoms with Crippen molar-refractivity contribution in [3.05, 3.63) is 17.5 Å². The van der Waals surface area contributed by atoms with Crippen LogP contribution in [0, 0.1) is 12.8 Å². The van der Waals surface area contributed by atoms with Gasteiger partial charge in [0.15, 0.2) is 0 Å². The Kier molecular flexibility index (Phi) is 3.56. The van der Waals surface area contributed by atoms with Crippen molar-refractivity contribution in [1.29, 1.82) is 0 Å². The lowest BCUT2D eigenvalue weighted by Gasteiger charge is -2.24. The molecule has 5 heteroatoms. The van der Waals surface area contributed by atoms with E-state index in [9.17, 15) is 4.79 Å². The van der Waals surface area contributed by atoms with E-state index in [1.807, 2.05) is 0 Å². The van der Waals surface area contributed by atoms with Crippen LogP contribution in [0.5, 0.6) is 6.01 Å². The summed E-state index contributed by atoms with van der Waals surface area (Å²) >= 11 is 0. The summed E-state index contributed by atoms with van der Waals surface area (Å²) < 4.78 is 5.41. The Morgan fingerprint density at radius 1 is 1.59 bits per heavy atom. The zero-order valence-corrected chi connectivity index (χ0v) is 9.85. The van der Waals surface area contributed by atoms with Crippen molar-refractivity contribution in [2.24, 2.45) is 5.92 Å². The molecule has 0 bridgehead atoms. The van der Waals surface area contributed by atoms with Gasteiger partial charge in [-0.15, -0.1) is 0 Å². The highest BCUT2D eigenvalue weighted by molar-refractivity contribution is 5.88. The second-order valence-electron chi connectivity index (χ2n) is 4.39. The van der Waals surface area contributed by atoms with Crippen LogP contribution in [0.25, 0.3) is 0 Å². The van der Waals surface area contributed by atoms with E-state index < -0.39 is 5.97 Å². The van der Waals surface area contributed by atoms with E-state index in [0.717, 1.165) is 12.3 Å². The van der Waals surface area contributed by atoms with Crippen molar-refractivity contribution in [2.45, 2.75) is 32.6 Å². The standard InChI is InChI=1S/C12H16N2O3/c1-8-10(11(15)16)7-13-12(14-8)17-6-5-9-3-2-4-9/h7,9H,2-6H2,1H3,(H,15,16). The maximum atomic E-state index is 10.8. The molecule has 0 amide bonds. The first-order chi connectivity index (χ1) is 8.16. The predicted octanol–water partition coefficient (Wildman–Crippen LogP) is 2.05. The Bertz CT molecular complexity index is 416. The summed E-state index contributed by atoms with van der Waals surface area (Å²) in [4.78, 5) is 18.7. The smallest absolute Gasteiger partial charge is 0.339 e. The molecule has 0 saturated heterocycles. The van der Waals surface area contributed by atoms with E-state index in [1.54, 1.807) is 6.92 Å². The summed E-state index contributed by atoms with van der Waals surface area (Å²) in [6, 6.07) is 0.270. The molecule has 5 nitrogen and oxygen atoms in total. The third kappa shape index (κ3) is 2.93. The Morgan fingerprint density at radius 3 is 2.88 bits per heavy atom. The van der Waals surface area contributed by atoms with Crippen molar-refractivity contribution in [1.82, 2.24) is 9.97 Å². The molecule has 1 aromatic heterocycles. The maximum Gasteiger partial charge on any atom is 0.339 e. The fourth-order valence-electron chi connectivity index (χ4n) is 1.82. The summed E-state index contributed by atoms with van der Waals surface area (Å²) in [6.07, 6.45) is 6.24. The minimum atomic E-state index is -1.01. The molecule has 1 saturated carbocycles. The monoisotopic (exact) mass is 236 g/mol. The number of ether oxygens (including phenoxy) is 1. The highest BCUT2D eigenvalue weighted by atomic mass is 16.5. The zero-order valence-electron chi connectivity index (χ0n) is 9.85. The van der Waals surface area contributed by atoms with Crippen molar-refractivity contribution in [3.8, 4) is 6.01 Å². The van der Waals surface area contributed by atoms with E-state index in [1.165, 1.54) is 25.5 Å². The van der Waals surface area contributed by atoms with Gasteiger partial charge >= 0.3 is 12.0 Å². The molecule has 1 aromatic rings. The lowest BCUT2D eigenvalue weighted by atomic mass is 9.83. The number of nitrogens with zero attached hydrogens (tertiary/aromatic N) is 2. The van der Waals surface area contributed by atoms with E-state index >= 15 is 0 Å². The normalized spacial score (nSPS) is 15.4. The predicted molar refractivity (Wildman–Crippen MR) is 61.2 cm³/mol. The van der Waals surface area contributed by atoms with Gasteiger partial charge in [0.1, 0.15) is 0 Å². The van der Waals surface area contributed by atoms with Crippen molar-refractivity contribution in [3.63, 3.8) is 0 Å². The molecule has 0 atom stereocenters. The van der Waals surface area contributed by atoms with E-state index in [2.05, 4.69) is 9.97 Å². The Labute approximate surface area is 99.9 Å². The van der Waals surface area contributed by atoms with Gasteiger partial charge in [-0.3, -0.25) is 0 Å². The van der Waals surface area contributed by atoms with E-state index in [4.69, 9.17) is 9.84 Å². The van der Waals surface area contributed by atoms with Crippen LogP contribution in [0.15, 0.2) is 6.20 Å². The number of hydrogen-bond acceptors (Lipinski definition) is 4. The number of aromatic carboxylic acids is 1. The van der Waals surface area contributed by atoms with Crippen LogP contribution in [-0.2, 0) is 0 Å². The van der Waals surface area contributed by atoms with Crippen LogP contribution in [-0.4, -0.2) is 27.7 Å². The van der Waals surface area contributed by atoms with Gasteiger partial charge in [-0.25, -0.2) is 9.78 Å². The molecule has 0 radical (unpaired) electrons. The lowest BCUT2D eigenvalue weighted by Crippen LogP contribution is -2.15. The number of hydrogen-bond donors (Lipinski definition) is 1. The topological polar surface area (TPSA) is 72.3 Å². The molecule has 2 rings (SSSR count). The van der Waals surface area contributed by atoms with E-state index in [-0.39, 0.29) is 11.6 Å². The molecular weight excluding hydrogens is 220 g/mol. The molecule has 0 aliphatic heterocycles. The largest absolute Gasteiger partial charge is 0.478 e. The molecule has 1 aliphatic carbocycles. The second kappa shape index (κ2) is 5.12. The van der Waals surface area contributed by atoms with Gasteiger partial charge in [0.2, 0.25) is 0 Å². The maximum absolute atomic E-state index is 10.8. The van der Waals surface area contributed by atoms with Gasteiger partial charge < -0.3 is 9.84 Å². The van der Waals surface area contributed by atoms with Crippen LogP contribution < -0.4 is 4.74 Å². The van der Waals surface area contributed by atoms with Gasteiger partial charge in [0, 0.05) is 6.20 Å². The van der Waals surface area contributed by atoms with Crippen molar-refractivity contribution in [2.75, 3.05) is 6.61 Å². The number of aromatic nitrogens is 2. The first-order valence-electron chi connectivity index (χ1n) is 5.86. The third-order valence-electron chi connectivity index (χ3n) is 3.17. The van der Waals surface area contributed by atoms with Crippen molar-refractivity contribution >= 4 is 5.97 Å². The lowest BCUT2D eigenvalue weighted by molar-refractivity contribution is 0.0695. The minimum Gasteiger partial charge on any atom is -0.478 e. The summed E-state index contributed by atoms with van der Waals surface area (Å²) in [7, 11) is 0. The van der Waals surface area contributed by atoms with Crippen LogP contribution in [0.2, 0.25) is 0 Å². The number of aryl methyl sites for hydroxylation is 1. The molecule has 1 N–H and O–H groups in total. The van der Waals surface area contributed by atoms with Gasteiger partial charge in [0.25, 0.3) is 0 Å². The van der Waals surface area contributed by atoms with Crippen LogP contribution in [0.1, 0.15) is 41.7 Å². The minimum absolute atomic E-state index is 0.122. The fourth-order valence-corrected chi connectivity index (χ4v) is 1.82. The quantitative estimate of drug-likeness (QED) is 0.847. The molecule has 17 heavy (non-hydrogen) atoms. The molecule has 0 aromatic carbocycles. The van der Waals surface area contributed by atoms with Crippen LogP contribution in [0.4, 0.5) is 0 Å². The summed E-state index contributed by atoms with van der Waals surface area (Å²) in [6.45, 7) is 2.25. The Morgan fingerprint density at radius 2 is 2.35 bits per heavy atom. The molecule has 1 fully saturated rings. The van der Waals surface area contributed by atoms with Gasteiger partial charge in [-0.05, 0) is 19.3 Å². The molecule has 1 aliphatic rings. The average molecular weight is 236 g/mol. The number of carbonyl (C=O) groups is 1. The van der Waals surface area contributed by atoms with Crippen LogP contribution >= 0.6 is 0 Å². The van der Waals surface area contributed by atoms with Gasteiger partial charge in [-0.1, -0.05) is 19.3 Å². The summed E-state index contributed by atoms with van der Waals surface area (Å²) in [5, 5.41) is 8.82. The SMILES string of the molecule is Cc1nc(OCCC2CCC2)ncc1C(=O)O. The summed E-state index contributed by atoms with van der Waals surface area (Å²) in [5.41, 5.74) is 0.558. The van der Waals surface area contributed by atoms with E-state index in [0.29, 0.717) is 12.3 Å². The average Bonchev–Trinajstić information content (AvgIpc) is 2.21. The molecule has 1 heterocycles. The molecule has 0 spiro atoms. The van der Waals surface area contributed by atoms with Crippen LogP contribution in [0.3, 0.4) is 0 Å². The zero-order chi connectivity index (χ0) is 12.3. The molecule has 92 valence electrons. The molecular formula is C12H16N2O3. The highest BCUT2D eigenvalue weighted by Gasteiger charge is 2.17. The van der Waals surface area contributed by atoms with Crippen molar-refractivity contribution < 1.29 is 14.6 Å². The number of carboxylic acids is 1. The number of carboxylic acid groups (broad SMARTS) is 1. The Balaban J connectivity index is 1.88. The fraction of sp³-hybridized carbons (Fsp3) is 0.583. The van der Waals surface area contributed by atoms with Gasteiger partial charge in [-0.2, -0.15) is 4.98 Å². The summed E-state index contributed by atoms with van der Waals surface area (Å²) in [5.74, 6) is -0.224. The van der Waals surface area contributed by atoms with Gasteiger partial charge in [0.05, 0.1) is 17.9 Å². The first kappa shape index (κ1) is 11.8. The second-order valence-corrected chi connectivity index (χ2v) is 4.39. The highest BCUT2D eigenvalue weighted by Crippen LogP contribution is 2.29. The molecule has 0 unspecified atom stereocenters. The number of rotatable bonds is 5. The first-order valence-corrected chi connectivity index (χ1v) is 5.86. The Hall–Kier alpha value is -1.65.